The molecule has 1 aromatic rings. The lowest BCUT2D eigenvalue weighted by molar-refractivity contribution is 0.0922. The first-order chi connectivity index (χ1) is 9.04. The third kappa shape index (κ3) is 3.98. The summed E-state index contributed by atoms with van der Waals surface area (Å²) in [4.78, 5) is 9.28. The molecule has 0 aromatic carbocycles. The van der Waals surface area contributed by atoms with Gasteiger partial charge in [0, 0.05) is 25.0 Å². The summed E-state index contributed by atoms with van der Waals surface area (Å²) in [6.07, 6.45) is 0.886. The van der Waals surface area contributed by atoms with E-state index in [-0.39, 0.29) is 6.10 Å². The van der Waals surface area contributed by atoms with Crippen molar-refractivity contribution in [3.63, 3.8) is 0 Å². The predicted octanol–water partition coefficient (Wildman–Crippen LogP) is 2.90. The fourth-order valence-corrected chi connectivity index (χ4v) is 2.53. The minimum absolute atomic E-state index is 0.00415. The van der Waals surface area contributed by atoms with Gasteiger partial charge >= 0.3 is 0 Å². The Hall–Kier alpha value is -1.00. The average Bonchev–Trinajstić information content (AvgIpc) is 2.37. The number of ether oxygens (including phenoxy) is 1. The van der Waals surface area contributed by atoms with E-state index in [1.165, 1.54) is 5.56 Å². The molecule has 0 saturated carbocycles. The lowest BCUT2D eigenvalue weighted by Gasteiger charge is -2.19. The molecule has 0 radical (unpaired) electrons. The molecule has 0 amide bonds. The van der Waals surface area contributed by atoms with Crippen LogP contribution in [0.25, 0.3) is 0 Å². The molecule has 0 aliphatic rings. The Morgan fingerprint density at radius 3 is 2.16 bits per heavy atom. The Labute approximate surface area is 117 Å². The van der Waals surface area contributed by atoms with Crippen LogP contribution in [0.1, 0.15) is 62.0 Å². The van der Waals surface area contributed by atoms with Crippen LogP contribution in [-0.4, -0.2) is 30.2 Å². The number of hydrogen-bond acceptors (Lipinski definition) is 4. The number of methoxy groups -OCH3 is 1. The number of nitrogens with zero attached hydrogens (tertiary/aromatic N) is 2. The lowest BCUT2D eigenvalue weighted by Crippen LogP contribution is -2.22. The minimum atomic E-state index is -0.00415. The van der Waals surface area contributed by atoms with E-state index in [4.69, 9.17) is 4.74 Å². The summed E-state index contributed by atoms with van der Waals surface area (Å²) < 4.78 is 5.42. The molecule has 0 fully saturated rings. The third-order valence-electron chi connectivity index (χ3n) is 3.48. The molecular weight excluding hydrogens is 238 g/mol. The van der Waals surface area contributed by atoms with Gasteiger partial charge in [-0.05, 0) is 38.3 Å². The summed E-state index contributed by atoms with van der Waals surface area (Å²) in [5.41, 5.74) is 3.41. The van der Waals surface area contributed by atoms with E-state index in [1.807, 2.05) is 0 Å². The highest BCUT2D eigenvalue weighted by Crippen LogP contribution is 2.24. The molecule has 19 heavy (non-hydrogen) atoms. The first kappa shape index (κ1) is 16.1. The topological polar surface area (TPSA) is 47.0 Å². The van der Waals surface area contributed by atoms with Gasteiger partial charge in [-0.1, -0.05) is 20.8 Å². The van der Waals surface area contributed by atoms with E-state index in [0.717, 1.165) is 36.7 Å². The Balaban J connectivity index is 3.03. The molecule has 1 N–H and O–H groups in total. The van der Waals surface area contributed by atoms with E-state index in [1.54, 1.807) is 7.11 Å². The highest BCUT2D eigenvalue weighted by Gasteiger charge is 2.18. The van der Waals surface area contributed by atoms with E-state index in [0.29, 0.717) is 5.92 Å². The van der Waals surface area contributed by atoms with Gasteiger partial charge in [-0.3, -0.25) is 0 Å². The molecule has 108 valence electrons. The SMILES string of the molecule is CCNCC(C)c1c(C)nc(C(CC)OC)nc1C. The van der Waals surface area contributed by atoms with Crippen LogP contribution >= 0.6 is 0 Å². The number of aromatic nitrogens is 2. The maximum absolute atomic E-state index is 5.42. The molecule has 2 atom stereocenters. The van der Waals surface area contributed by atoms with Crippen LogP contribution in [-0.2, 0) is 4.74 Å². The van der Waals surface area contributed by atoms with E-state index in [9.17, 15) is 0 Å². The van der Waals surface area contributed by atoms with Crippen molar-refractivity contribution >= 4 is 0 Å². The zero-order valence-electron chi connectivity index (χ0n) is 13.1. The van der Waals surface area contributed by atoms with E-state index >= 15 is 0 Å². The van der Waals surface area contributed by atoms with Crippen molar-refractivity contribution < 1.29 is 4.74 Å². The Kier molecular flexibility index (Phi) is 6.38. The Bertz CT molecular complexity index is 379. The molecule has 1 rings (SSSR count). The standard InChI is InChI=1S/C15H27N3O/c1-7-13(19-6)15-17-11(4)14(12(5)18-15)10(3)9-16-8-2/h10,13,16H,7-9H2,1-6H3. The molecule has 4 nitrogen and oxygen atoms in total. The normalized spacial score (nSPS) is 14.4. The summed E-state index contributed by atoms with van der Waals surface area (Å²) in [6, 6.07) is 0. The molecule has 1 heterocycles. The van der Waals surface area contributed by atoms with Crippen LogP contribution < -0.4 is 5.32 Å². The maximum Gasteiger partial charge on any atom is 0.157 e. The largest absolute Gasteiger partial charge is 0.373 e. The Morgan fingerprint density at radius 2 is 1.74 bits per heavy atom. The molecule has 4 heteroatoms. The monoisotopic (exact) mass is 265 g/mol. The zero-order valence-corrected chi connectivity index (χ0v) is 13.1. The van der Waals surface area contributed by atoms with Crippen molar-refractivity contribution in [2.45, 2.75) is 53.1 Å². The van der Waals surface area contributed by atoms with Gasteiger partial charge in [0.1, 0.15) is 6.10 Å². The molecule has 0 aliphatic carbocycles. The van der Waals surface area contributed by atoms with Gasteiger partial charge in [-0.15, -0.1) is 0 Å². The van der Waals surface area contributed by atoms with Gasteiger partial charge < -0.3 is 10.1 Å². The van der Waals surface area contributed by atoms with Crippen LogP contribution in [0, 0.1) is 13.8 Å². The quantitative estimate of drug-likeness (QED) is 0.823. The van der Waals surface area contributed by atoms with Crippen LogP contribution in [0.4, 0.5) is 0 Å². The fraction of sp³-hybridized carbons (Fsp3) is 0.733. The summed E-state index contributed by atoms with van der Waals surface area (Å²) in [6.45, 7) is 12.5. The summed E-state index contributed by atoms with van der Waals surface area (Å²) in [5.74, 6) is 1.23. The minimum Gasteiger partial charge on any atom is -0.373 e. The second-order valence-electron chi connectivity index (χ2n) is 5.01. The van der Waals surface area contributed by atoms with Gasteiger partial charge in [0.25, 0.3) is 0 Å². The van der Waals surface area contributed by atoms with Crippen molar-refractivity contribution in [3.8, 4) is 0 Å². The van der Waals surface area contributed by atoms with Crippen molar-refractivity contribution in [2.24, 2.45) is 0 Å². The number of nitrogens with one attached hydrogen (secondary N) is 1. The van der Waals surface area contributed by atoms with Gasteiger partial charge in [-0.2, -0.15) is 0 Å². The van der Waals surface area contributed by atoms with Crippen molar-refractivity contribution in [1.82, 2.24) is 15.3 Å². The third-order valence-corrected chi connectivity index (χ3v) is 3.48. The second-order valence-corrected chi connectivity index (χ2v) is 5.01. The molecule has 0 aliphatic heterocycles. The Morgan fingerprint density at radius 1 is 1.16 bits per heavy atom. The van der Waals surface area contributed by atoms with Crippen LogP contribution in [0.15, 0.2) is 0 Å². The fourth-order valence-electron chi connectivity index (χ4n) is 2.53. The number of rotatable bonds is 7. The van der Waals surface area contributed by atoms with Crippen LogP contribution in [0.3, 0.4) is 0 Å². The smallest absolute Gasteiger partial charge is 0.157 e. The highest BCUT2D eigenvalue weighted by molar-refractivity contribution is 5.28. The lowest BCUT2D eigenvalue weighted by atomic mass is 9.97. The van der Waals surface area contributed by atoms with Crippen molar-refractivity contribution in [3.05, 3.63) is 22.8 Å². The molecular formula is C15H27N3O. The molecule has 0 saturated heterocycles. The predicted molar refractivity (Wildman–Crippen MR) is 78.5 cm³/mol. The second kappa shape index (κ2) is 7.56. The van der Waals surface area contributed by atoms with Crippen LogP contribution in [0.5, 0.6) is 0 Å². The van der Waals surface area contributed by atoms with E-state index < -0.39 is 0 Å². The number of likely N-dealkylation sites (N-methyl/N-ethyl adjacent to an activating group) is 1. The van der Waals surface area contributed by atoms with Gasteiger partial charge in [-0.25, -0.2) is 9.97 Å². The average molecular weight is 265 g/mol. The summed E-state index contributed by atoms with van der Waals surface area (Å²) in [7, 11) is 1.71. The van der Waals surface area contributed by atoms with Crippen molar-refractivity contribution in [2.75, 3.05) is 20.2 Å². The number of hydrogen-bond donors (Lipinski definition) is 1. The highest BCUT2D eigenvalue weighted by atomic mass is 16.5. The first-order valence-electron chi connectivity index (χ1n) is 7.13. The summed E-state index contributed by atoms with van der Waals surface area (Å²) >= 11 is 0. The maximum atomic E-state index is 5.42. The van der Waals surface area contributed by atoms with Gasteiger partial charge in [0.15, 0.2) is 5.82 Å². The first-order valence-corrected chi connectivity index (χ1v) is 7.13. The molecule has 2 unspecified atom stereocenters. The summed E-state index contributed by atoms with van der Waals surface area (Å²) in [5, 5.41) is 3.38. The van der Waals surface area contributed by atoms with E-state index in [2.05, 4.69) is 49.9 Å². The molecule has 0 spiro atoms. The molecule has 0 bridgehead atoms. The number of aryl methyl sites for hydroxylation is 2. The van der Waals surface area contributed by atoms with Crippen LogP contribution in [0.2, 0.25) is 0 Å². The molecule has 1 aromatic heterocycles. The van der Waals surface area contributed by atoms with Gasteiger partial charge in [0.2, 0.25) is 0 Å². The van der Waals surface area contributed by atoms with Gasteiger partial charge in [0.05, 0.1) is 0 Å². The zero-order chi connectivity index (χ0) is 14.4. The van der Waals surface area contributed by atoms with Crippen molar-refractivity contribution in [1.29, 1.82) is 0 Å².